The Morgan fingerprint density at radius 3 is 2.05 bits per heavy atom. The predicted molar refractivity (Wildman–Crippen MR) is 92.8 cm³/mol. The molecule has 2 fully saturated rings. The third-order valence-electron chi connectivity index (χ3n) is 5.62. The molecule has 1 heterocycles. The van der Waals surface area contributed by atoms with Gasteiger partial charge in [-0.3, -0.25) is 4.90 Å². The highest BCUT2D eigenvalue weighted by Crippen LogP contribution is 2.26. The van der Waals surface area contributed by atoms with Crippen LogP contribution in [0.25, 0.3) is 0 Å². The standard InChI is InChI=1S/C19H38N2/c1-3-20-18-12-10-8-6-4-5-7-9-11-13-19(18)21-15-14-17(2)16-21/h17-20H,3-16H2,1-2H3. The first kappa shape index (κ1) is 17.3. The molecule has 0 aromatic rings. The van der Waals surface area contributed by atoms with Crippen molar-refractivity contribution >= 4 is 0 Å². The first-order valence-electron chi connectivity index (χ1n) is 9.78. The molecule has 1 aliphatic carbocycles. The van der Waals surface area contributed by atoms with Gasteiger partial charge in [0.15, 0.2) is 0 Å². The fourth-order valence-corrected chi connectivity index (χ4v) is 4.38. The van der Waals surface area contributed by atoms with Crippen LogP contribution in [0.4, 0.5) is 0 Å². The summed E-state index contributed by atoms with van der Waals surface area (Å²) in [5.74, 6) is 0.911. The normalized spacial score (nSPS) is 34.3. The predicted octanol–water partition coefficient (Wildman–Crippen LogP) is 4.59. The lowest BCUT2D eigenvalue weighted by Gasteiger charge is -2.36. The lowest BCUT2D eigenvalue weighted by molar-refractivity contribution is 0.164. The Labute approximate surface area is 133 Å². The maximum atomic E-state index is 3.84. The average Bonchev–Trinajstić information content (AvgIpc) is 2.88. The Bertz CT molecular complexity index is 266. The number of likely N-dealkylation sites (tertiary alicyclic amines) is 1. The molecule has 2 nitrogen and oxygen atoms in total. The summed E-state index contributed by atoms with van der Waals surface area (Å²) in [4.78, 5) is 2.82. The molecule has 2 heteroatoms. The van der Waals surface area contributed by atoms with Gasteiger partial charge in [-0.05, 0) is 38.3 Å². The maximum absolute atomic E-state index is 3.84. The molecule has 1 aliphatic heterocycles. The number of likely N-dealkylation sites (N-methyl/N-ethyl adjacent to an activating group) is 1. The first-order chi connectivity index (χ1) is 10.3. The molecule has 1 saturated carbocycles. The zero-order valence-electron chi connectivity index (χ0n) is 14.6. The average molecular weight is 295 g/mol. The van der Waals surface area contributed by atoms with Crippen LogP contribution in [0.1, 0.15) is 84.5 Å². The summed E-state index contributed by atoms with van der Waals surface area (Å²) in [7, 11) is 0. The minimum absolute atomic E-state index is 0.736. The van der Waals surface area contributed by atoms with Crippen LogP contribution in [-0.2, 0) is 0 Å². The molecule has 3 atom stereocenters. The van der Waals surface area contributed by atoms with E-state index in [0.29, 0.717) is 0 Å². The molecule has 0 bridgehead atoms. The maximum Gasteiger partial charge on any atom is 0.0249 e. The molecule has 1 saturated heterocycles. The van der Waals surface area contributed by atoms with Crippen LogP contribution >= 0.6 is 0 Å². The van der Waals surface area contributed by atoms with Gasteiger partial charge in [0.1, 0.15) is 0 Å². The van der Waals surface area contributed by atoms with Crippen molar-refractivity contribution in [2.75, 3.05) is 19.6 Å². The molecule has 124 valence electrons. The van der Waals surface area contributed by atoms with E-state index in [0.717, 1.165) is 24.5 Å². The topological polar surface area (TPSA) is 15.3 Å². The number of nitrogens with one attached hydrogen (secondary N) is 1. The van der Waals surface area contributed by atoms with E-state index in [1.165, 1.54) is 83.7 Å². The molecule has 2 rings (SSSR count). The number of hydrogen-bond donors (Lipinski definition) is 1. The molecule has 0 amide bonds. The van der Waals surface area contributed by atoms with Crippen molar-refractivity contribution < 1.29 is 0 Å². The number of rotatable bonds is 3. The molecular weight excluding hydrogens is 256 g/mol. The van der Waals surface area contributed by atoms with Crippen molar-refractivity contribution in [2.24, 2.45) is 5.92 Å². The molecular formula is C19H38N2. The highest BCUT2D eigenvalue weighted by Gasteiger charge is 2.30. The van der Waals surface area contributed by atoms with Gasteiger partial charge >= 0.3 is 0 Å². The third kappa shape index (κ3) is 5.90. The first-order valence-corrected chi connectivity index (χ1v) is 9.78. The second-order valence-electron chi connectivity index (χ2n) is 7.53. The van der Waals surface area contributed by atoms with Crippen LogP contribution in [0.2, 0.25) is 0 Å². The van der Waals surface area contributed by atoms with Crippen molar-refractivity contribution in [3.63, 3.8) is 0 Å². The summed E-state index contributed by atoms with van der Waals surface area (Å²) < 4.78 is 0. The lowest BCUT2D eigenvalue weighted by Crippen LogP contribution is -2.49. The summed E-state index contributed by atoms with van der Waals surface area (Å²) >= 11 is 0. The van der Waals surface area contributed by atoms with Gasteiger partial charge in [0.25, 0.3) is 0 Å². The van der Waals surface area contributed by atoms with Gasteiger partial charge in [-0.25, -0.2) is 0 Å². The van der Waals surface area contributed by atoms with Gasteiger partial charge in [0.2, 0.25) is 0 Å². The minimum Gasteiger partial charge on any atom is -0.313 e. The van der Waals surface area contributed by atoms with Crippen molar-refractivity contribution in [3.8, 4) is 0 Å². The van der Waals surface area contributed by atoms with Gasteiger partial charge in [0.05, 0.1) is 0 Å². The van der Waals surface area contributed by atoms with E-state index in [2.05, 4.69) is 24.1 Å². The van der Waals surface area contributed by atoms with E-state index in [-0.39, 0.29) is 0 Å². The van der Waals surface area contributed by atoms with Crippen molar-refractivity contribution in [3.05, 3.63) is 0 Å². The molecule has 21 heavy (non-hydrogen) atoms. The Balaban J connectivity index is 1.96. The summed E-state index contributed by atoms with van der Waals surface area (Å²) in [6, 6.07) is 1.54. The Morgan fingerprint density at radius 2 is 1.48 bits per heavy atom. The van der Waals surface area contributed by atoms with Crippen molar-refractivity contribution in [1.82, 2.24) is 10.2 Å². The highest BCUT2D eigenvalue weighted by molar-refractivity contribution is 4.88. The highest BCUT2D eigenvalue weighted by atomic mass is 15.2. The molecule has 1 N–H and O–H groups in total. The fourth-order valence-electron chi connectivity index (χ4n) is 4.38. The molecule has 0 aromatic carbocycles. The second-order valence-corrected chi connectivity index (χ2v) is 7.53. The lowest BCUT2D eigenvalue weighted by atomic mass is 9.93. The van der Waals surface area contributed by atoms with Gasteiger partial charge in [-0.2, -0.15) is 0 Å². The Hall–Kier alpha value is -0.0800. The van der Waals surface area contributed by atoms with Crippen LogP contribution in [0.15, 0.2) is 0 Å². The summed E-state index contributed by atoms with van der Waals surface area (Å²) in [6.07, 6.45) is 15.9. The zero-order chi connectivity index (χ0) is 14.9. The Kier molecular flexibility index (Phi) is 8.10. The van der Waals surface area contributed by atoms with Gasteiger partial charge in [-0.1, -0.05) is 65.2 Å². The summed E-state index contributed by atoms with van der Waals surface area (Å²) in [5, 5.41) is 3.84. The van der Waals surface area contributed by atoms with Crippen LogP contribution < -0.4 is 5.32 Å². The molecule has 3 unspecified atom stereocenters. The molecule has 0 spiro atoms. The van der Waals surface area contributed by atoms with E-state index >= 15 is 0 Å². The van der Waals surface area contributed by atoms with Crippen molar-refractivity contribution in [2.45, 2.75) is 96.6 Å². The Morgan fingerprint density at radius 1 is 0.857 bits per heavy atom. The second kappa shape index (κ2) is 9.84. The van der Waals surface area contributed by atoms with E-state index in [4.69, 9.17) is 0 Å². The van der Waals surface area contributed by atoms with Gasteiger partial charge in [-0.15, -0.1) is 0 Å². The fraction of sp³-hybridized carbons (Fsp3) is 1.00. The quantitative estimate of drug-likeness (QED) is 0.819. The van der Waals surface area contributed by atoms with Crippen LogP contribution in [0, 0.1) is 5.92 Å². The summed E-state index contributed by atoms with van der Waals surface area (Å²) in [5.41, 5.74) is 0. The van der Waals surface area contributed by atoms with Crippen molar-refractivity contribution in [1.29, 1.82) is 0 Å². The van der Waals surface area contributed by atoms with Crippen LogP contribution in [0.5, 0.6) is 0 Å². The monoisotopic (exact) mass is 294 g/mol. The van der Waals surface area contributed by atoms with Gasteiger partial charge < -0.3 is 5.32 Å². The van der Waals surface area contributed by atoms with Gasteiger partial charge in [0, 0.05) is 18.6 Å². The van der Waals surface area contributed by atoms with E-state index in [1.807, 2.05) is 0 Å². The van der Waals surface area contributed by atoms with Crippen LogP contribution in [0.3, 0.4) is 0 Å². The number of hydrogen-bond acceptors (Lipinski definition) is 2. The smallest absolute Gasteiger partial charge is 0.0249 e. The summed E-state index contributed by atoms with van der Waals surface area (Å²) in [6.45, 7) is 8.52. The third-order valence-corrected chi connectivity index (χ3v) is 5.62. The molecule has 0 radical (unpaired) electrons. The zero-order valence-corrected chi connectivity index (χ0v) is 14.6. The number of nitrogens with zero attached hydrogens (tertiary/aromatic N) is 1. The van der Waals surface area contributed by atoms with E-state index in [1.54, 1.807) is 0 Å². The molecule has 0 aromatic heterocycles. The van der Waals surface area contributed by atoms with Crippen LogP contribution in [-0.4, -0.2) is 36.6 Å². The molecule has 2 aliphatic rings. The minimum atomic E-state index is 0.736. The largest absolute Gasteiger partial charge is 0.313 e. The van der Waals surface area contributed by atoms with E-state index < -0.39 is 0 Å². The SMILES string of the molecule is CCNC1CCCCCCCCCCC1N1CCC(C)C1. The van der Waals surface area contributed by atoms with E-state index in [9.17, 15) is 0 Å².